The summed E-state index contributed by atoms with van der Waals surface area (Å²) in [6.45, 7) is 1.29. The third kappa shape index (κ3) is 3.75. The standard InChI is InChI=1S/C15H13F3N2O2/c1-10-4-2-3-5-12(10)19-13(21)9-20-8-11(15(16,17)18)6-7-14(20)22/h2-8H,9H2,1H3,(H,19,21). The molecule has 116 valence electrons. The van der Waals surface area contributed by atoms with E-state index in [0.29, 0.717) is 18.0 Å². The highest BCUT2D eigenvalue weighted by molar-refractivity contribution is 5.91. The molecule has 2 rings (SSSR count). The van der Waals surface area contributed by atoms with E-state index >= 15 is 0 Å². The van der Waals surface area contributed by atoms with Crippen molar-refractivity contribution in [1.82, 2.24) is 4.57 Å². The normalized spacial score (nSPS) is 11.3. The van der Waals surface area contributed by atoms with Crippen LogP contribution >= 0.6 is 0 Å². The Hall–Kier alpha value is -2.57. The summed E-state index contributed by atoms with van der Waals surface area (Å²) in [5.41, 5.74) is -0.288. The molecule has 1 amide bonds. The van der Waals surface area contributed by atoms with Crippen molar-refractivity contribution in [3.05, 3.63) is 64.1 Å². The van der Waals surface area contributed by atoms with Gasteiger partial charge < -0.3 is 9.88 Å². The molecular weight excluding hydrogens is 297 g/mol. The number of rotatable bonds is 3. The molecule has 0 bridgehead atoms. The van der Waals surface area contributed by atoms with Crippen molar-refractivity contribution in [3.8, 4) is 0 Å². The maximum atomic E-state index is 12.6. The smallest absolute Gasteiger partial charge is 0.324 e. The zero-order valence-corrected chi connectivity index (χ0v) is 11.6. The fourth-order valence-corrected chi connectivity index (χ4v) is 1.88. The maximum Gasteiger partial charge on any atom is 0.417 e. The van der Waals surface area contributed by atoms with Crippen LogP contribution in [0, 0.1) is 6.92 Å². The van der Waals surface area contributed by atoms with Crippen LogP contribution in [0.15, 0.2) is 47.4 Å². The first kappa shape index (κ1) is 15.8. The number of alkyl halides is 3. The Morgan fingerprint density at radius 2 is 1.86 bits per heavy atom. The summed E-state index contributed by atoms with van der Waals surface area (Å²) in [5.74, 6) is -0.573. The van der Waals surface area contributed by atoms with Gasteiger partial charge in [-0.1, -0.05) is 18.2 Å². The Morgan fingerprint density at radius 3 is 2.50 bits per heavy atom. The van der Waals surface area contributed by atoms with Crippen molar-refractivity contribution in [1.29, 1.82) is 0 Å². The van der Waals surface area contributed by atoms with E-state index in [1.165, 1.54) is 0 Å². The van der Waals surface area contributed by atoms with Crippen LogP contribution in [0.4, 0.5) is 18.9 Å². The summed E-state index contributed by atoms with van der Waals surface area (Å²) < 4.78 is 38.6. The number of carbonyl (C=O) groups is 1. The second kappa shape index (κ2) is 6.05. The van der Waals surface area contributed by atoms with E-state index in [1.54, 1.807) is 31.2 Å². The molecule has 22 heavy (non-hydrogen) atoms. The lowest BCUT2D eigenvalue weighted by Crippen LogP contribution is -2.28. The van der Waals surface area contributed by atoms with E-state index in [2.05, 4.69) is 5.32 Å². The van der Waals surface area contributed by atoms with Gasteiger partial charge in [-0.15, -0.1) is 0 Å². The van der Waals surface area contributed by atoms with Crippen molar-refractivity contribution in [2.45, 2.75) is 19.6 Å². The van der Waals surface area contributed by atoms with Crippen LogP contribution in [0.5, 0.6) is 0 Å². The number of anilines is 1. The van der Waals surface area contributed by atoms with Gasteiger partial charge in [-0.25, -0.2) is 0 Å². The Kier molecular flexibility index (Phi) is 4.35. The number of amides is 1. The number of benzene rings is 1. The van der Waals surface area contributed by atoms with E-state index in [4.69, 9.17) is 0 Å². The van der Waals surface area contributed by atoms with Gasteiger partial charge >= 0.3 is 6.18 Å². The second-order valence-corrected chi connectivity index (χ2v) is 4.74. The molecule has 0 spiro atoms. The topological polar surface area (TPSA) is 51.1 Å². The van der Waals surface area contributed by atoms with Gasteiger partial charge in [-0.2, -0.15) is 13.2 Å². The first-order valence-corrected chi connectivity index (χ1v) is 6.40. The Morgan fingerprint density at radius 1 is 1.18 bits per heavy atom. The molecule has 0 aliphatic heterocycles. The van der Waals surface area contributed by atoms with Gasteiger partial charge in [-0.3, -0.25) is 9.59 Å². The van der Waals surface area contributed by atoms with Crippen molar-refractivity contribution < 1.29 is 18.0 Å². The number of hydrogen-bond acceptors (Lipinski definition) is 2. The number of aryl methyl sites for hydroxylation is 1. The van der Waals surface area contributed by atoms with E-state index in [9.17, 15) is 22.8 Å². The molecule has 0 aliphatic carbocycles. The van der Waals surface area contributed by atoms with Crippen LogP contribution in [-0.4, -0.2) is 10.5 Å². The Balaban J connectivity index is 2.18. The van der Waals surface area contributed by atoms with E-state index in [1.807, 2.05) is 0 Å². The summed E-state index contributed by atoms with van der Waals surface area (Å²) >= 11 is 0. The lowest BCUT2D eigenvalue weighted by Gasteiger charge is -2.11. The second-order valence-electron chi connectivity index (χ2n) is 4.74. The first-order chi connectivity index (χ1) is 10.3. The van der Waals surface area contributed by atoms with Gasteiger partial charge in [0, 0.05) is 18.0 Å². The summed E-state index contributed by atoms with van der Waals surface area (Å²) in [6.07, 6.45) is -3.93. The molecule has 0 radical (unpaired) electrons. The summed E-state index contributed by atoms with van der Waals surface area (Å²) in [5, 5.41) is 2.56. The third-order valence-electron chi connectivity index (χ3n) is 3.04. The Bertz CT molecular complexity index is 751. The molecule has 0 aliphatic rings. The minimum atomic E-state index is -4.57. The van der Waals surface area contributed by atoms with Crippen LogP contribution in [0.1, 0.15) is 11.1 Å². The van der Waals surface area contributed by atoms with Gasteiger partial charge in [0.15, 0.2) is 0 Å². The van der Waals surface area contributed by atoms with Crippen molar-refractivity contribution in [2.75, 3.05) is 5.32 Å². The predicted molar refractivity (Wildman–Crippen MR) is 75.5 cm³/mol. The summed E-state index contributed by atoms with van der Waals surface area (Å²) in [4.78, 5) is 23.5. The average molecular weight is 310 g/mol. The van der Waals surface area contributed by atoms with E-state index < -0.39 is 29.8 Å². The summed E-state index contributed by atoms with van der Waals surface area (Å²) in [6, 6.07) is 8.46. The highest BCUT2D eigenvalue weighted by atomic mass is 19.4. The molecule has 0 fully saturated rings. The highest BCUT2D eigenvalue weighted by Crippen LogP contribution is 2.28. The van der Waals surface area contributed by atoms with Crippen LogP contribution in [0.25, 0.3) is 0 Å². The number of nitrogens with one attached hydrogen (secondary N) is 1. The number of carbonyl (C=O) groups excluding carboxylic acids is 1. The monoisotopic (exact) mass is 310 g/mol. The number of para-hydroxylation sites is 1. The maximum absolute atomic E-state index is 12.6. The number of nitrogens with zero attached hydrogens (tertiary/aromatic N) is 1. The quantitative estimate of drug-likeness (QED) is 0.948. The molecule has 4 nitrogen and oxygen atoms in total. The molecule has 7 heteroatoms. The molecule has 1 aromatic carbocycles. The van der Waals surface area contributed by atoms with Crippen LogP contribution < -0.4 is 10.9 Å². The predicted octanol–water partition coefficient (Wildman–Crippen LogP) is 2.81. The molecule has 0 saturated heterocycles. The van der Waals surface area contributed by atoms with Crippen LogP contribution in [0.3, 0.4) is 0 Å². The average Bonchev–Trinajstić information content (AvgIpc) is 2.42. The molecule has 0 unspecified atom stereocenters. The highest BCUT2D eigenvalue weighted by Gasteiger charge is 2.31. The lowest BCUT2D eigenvalue weighted by molar-refractivity contribution is -0.138. The van der Waals surface area contributed by atoms with Crippen molar-refractivity contribution >= 4 is 11.6 Å². The fourth-order valence-electron chi connectivity index (χ4n) is 1.88. The number of halogens is 3. The largest absolute Gasteiger partial charge is 0.417 e. The van der Waals surface area contributed by atoms with E-state index in [-0.39, 0.29) is 0 Å². The van der Waals surface area contributed by atoms with Gasteiger partial charge in [0.1, 0.15) is 6.54 Å². The molecule has 0 atom stereocenters. The minimum Gasteiger partial charge on any atom is -0.324 e. The van der Waals surface area contributed by atoms with Crippen molar-refractivity contribution in [2.24, 2.45) is 0 Å². The zero-order valence-electron chi connectivity index (χ0n) is 11.6. The first-order valence-electron chi connectivity index (χ1n) is 6.40. The summed E-state index contributed by atoms with van der Waals surface area (Å²) in [7, 11) is 0. The van der Waals surface area contributed by atoms with Gasteiger partial charge in [0.25, 0.3) is 5.56 Å². The SMILES string of the molecule is Cc1ccccc1NC(=O)Cn1cc(C(F)(F)F)ccc1=O. The third-order valence-corrected chi connectivity index (χ3v) is 3.04. The number of hydrogen-bond donors (Lipinski definition) is 1. The molecule has 2 aromatic rings. The van der Waals surface area contributed by atoms with Crippen LogP contribution in [0.2, 0.25) is 0 Å². The van der Waals surface area contributed by atoms with Crippen LogP contribution in [-0.2, 0) is 17.5 Å². The minimum absolute atomic E-state index is 0.489. The molecule has 0 saturated carbocycles. The molecule has 1 aromatic heterocycles. The van der Waals surface area contributed by atoms with Gasteiger partial charge in [0.2, 0.25) is 5.91 Å². The number of pyridine rings is 1. The molecular formula is C15H13F3N2O2. The lowest BCUT2D eigenvalue weighted by atomic mass is 10.2. The molecule has 1 heterocycles. The zero-order chi connectivity index (χ0) is 16.3. The fraction of sp³-hybridized carbons (Fsp3) is 0.200. The Labute approximate surface area is 124 Å². The van der Waals surface area contributed by atoms with Gasteiger partial charge in [-0.05, 0) is 24.6 Å². The van der Waals surface area contributed by atoms with E-state index in [0.717, 1.165) is 16.2 Å². The number of aromatic nitrogens is 1. The molecule has 1 N–H and O–H groups in total. The van der Waals surface area contributed by atoms with Crippen molar-refractivity contribution in [3.63, 3.8) is 0 Å². The van der Waals surface area contributed by atoms with Gasteiger partial charge in [0.05, 0.1) is 5.56 Å².